The van der Waals surface area contributed by atoms with E-state index in [-0.39, 0.29) is 0 Å². The number of carbonyl (C=O) groups excluding carboxylic acids is 2. The lowest BCUT2D eigenvalue weighted by Crippen LogP contribution is -2.50. The Labute approximate surface area is 99.0 Å². The molecule has 0 saturated heterocycles. The first-order chi connectivity index (χ1) is 7.58. The first-order valence-corrected chi connectivity index (χ1v) is 6.54. The van der Waals surface area contributed by atoms with E-state index in [1.807, 2.05) is 0 Å². The molecule has 7 nitrogen and oxygen atoms in total. The van der Waals surface area contributed by atoms with E-state index in [2.05, 4.69) is 16.6 Å². The van der Waals surface area contributed by atoms with Gasteiger partial charge in [-0.2, -0.15) is 0 Å². The maximum atomic E-state index is 11.5. The van der Waals surface area contributed by atoms with Crippen LogP contribution in [0.1, 0.15) is 13.8 Å². The molecule has 0 spiro atoms. The third-order valence-corrected chi connectivity index (χ3v) is 2.51. The largest absolute Gasteiger partial charge is 0.463 e. The van der Waals surface area contributed by atoms with E-state index in [1.165, 1.54) is 13.8 Å². The van der Waals surface area contributed by atoms with Gasteiger partial charge in [-0.25, -0.2) is 4.79 Å². The van der Waals surface area contributed by atoms with Gasteiger partial charge in [0.25, 0.3) is 0 Å². The van der Waals surface area contributed by atoms with Crippen molar-refractivity contribution < 1.29 is 28.7 Å². The molecule has 0 heterocycles. The predicted molar refractivity (Wildman–Crippen MR) is 60.3 cm³/mol. The van der Waals surface area contributed by atoms with Gasteiger partial charge in [-0.1, -0.05) is 6.58 Å². The fourth-order valence-corrected chi connectivity index (χ4v) is 1.18. The van der Waals surface area contributed by atoms with E-state index in [4.69, 9.17) is 9.79 Å². The minimum atomic E-state index is -4.19. The van der Waals surface area contributed by atoms with Crippen LogP contribution in [0, 0.1) is 0 Å². The summed E-state index contributed by atoms with van der Waals surface area (Å²) in [6.45, 7) is 5.65. The van der Waals surface area contributed by atoms with Crippen LogP contribution in [0.15, 0.2) is 12.7 Å². The molecule has 0 aromatic rings. The molecule has 0 unspecified atom stereocenters. The number of rotatable bonds is 6. The summed E-state index contributed by atoms with van der Waals surface area (Å²) in [5.41, 5.74) is -1.28. The summed E-state index contributed by atoms with van der Waals surface area (Å²) in [4.78, 5) is 39.6. The molecular formula is C9H16NO6P. The zero-order valence-corrected chi connectivity index (χ0v) is 10.6. The molecule has 0 saturated carbocycles. The molecule has 0 aliphatic heterocycles. The molecule has 0 rings (SSSR count). The Morgan fingerprint density at radius 1 is 1.47 bits per heavy atom. The lowest BCUT2D eigenvalue weighted by Gasteiger charge is -2.23. The molecule has 0 radical (unpaired) electrons. The molecule has 0 aliphatic rings. The first kappa shape index (κ1) is 15.8. The molecule has 0 aromatic carbocycles. The average molecular weight is 265 g/mol. The van der Waals surface area contributed by atoms with E-state index >= 15 is 0 Å². The summed E-state index contributed by atoms with van der Waals surface area (Å²) >= 11 is 0. The number of hydrogen-bond donors (Lipinski definition) is 3. The van der Waals surface area contributed by atoms with Crippen LogP contribution < -0.4 is 5.32 Å². The van der Waals surface area contributed by atoms with Gasteiger partial charge < -0.3 is 19.8 Å². The molecule has 0 aliphatic carbocycles. The third-order valence-electron chi connectivity index (χ3n) is 1.75. The summed E-state index contributed by atoms with van der Waals surface area (Å²) in [5.74, 6) is -1.32. The van der Waals surface area contributed by atoms with Gasteiger partial charge in [-0.15, -0.1) is 0 Å². The molecule has 8 heteroatoms. The summed E-state index contributed by atoms with van der Waals surface area (Å²) in [7, 11) is -4.19. The number of carbonyl (C=O) groups is 2. The van der Waals surface area contributed by atoms with Crippen LogP contribution in [-0.2, 0) is 18.9 Å². The fraction of sp³-hybridized carbons (Fsp3) is 0.556. The topological polar surface area (TPSA) is 113 Å². The monoisotopic (exact) mass is 265 g/mol. The predicted octanol–water partition coefficient (Wildman–Crippen LogP) is -0.212. The summed E-state index contributed by atoms with van der Waals surface area (Å²) in [5, 5.41) is 2.33. The Kier molecular flexibility index (Phi) is 5.54. The van der Waals surface area contributed by atoms with Gasteiger partial charge in [0.2, 0.25) is 5.91 Å². The second-order valence-corrected chi connectivity index (χ2v) is 5.62. The third kappa shape index (κ3) is 6.88. The lowest BCUT2D eigenvalue weighted by atomic mass is 10.1. The molecule has 1 amide bonds. The molecular weight excluding hydrogens is 249 g/mol. The van der Waals surface area contributed by atoms with Crippen LogP contribution in [0.5, 0.6) is 0 Å². The van der Waals surface area contributed by atoms with Gasteiger partial charge in [0.15, 0.2) is 0 Å². The highest BCUT2D eigenvalue weighted by Gasteiger charge is 2.30. The maximum absolute atomic E-state index is 11.5. The van der Waals surface area contributed by atoms with Crippen LogP contribution in [0.3, 0.4) is 0 Å². The average Bonchev–Trinajstić information content (AvgIpc) is 2.14. The minimum Gasteiger partial charge on any atom is -0.463 e. The summed E-state index contributed by atoms with van der Waals surface area (Å²) < 4.78 is 15.2. The van der Waals surface area contributed by atoms with Gasteiger partial charge in [-0.3, -0.25) is 9.36 Å². The molecule has 17 heavy (non-hydrogen) atoms. The van der Waals surface area contributed by atoms with Crippen molar-refractivity contribution in [2.24, 2.45) is 0 Å². The maximum Gasteiger partial charge on any atom is 0.331 e. The Hall–Kier alpha value is -1.17. The quantitative estimate of drug-likeness (QED) is 0.348. The summed E-state index contributed by atoms with van der Waals surface area (Å²) in [6, 6.07) is 0. The van der Waals surface area contributed by atoms with E-state index in [9.17, 15) is 14.2 Å². The number of amides is 1. The van der Waals surface area contributed by atoms with Gasteiger partial charge >= 0.3 is 13.6 Å². The standard InChI is InChI=1S/C9H16NO6P/c1-4-7(11)10-9(2,3)8(12)16-5-6-17(13,14)15/h4H,1,5-6H2,2-3H3,(H,10,11)(H2,13,14,15). The van der Waals surface area contributed by atoms with Crippen molar-refractivity contribution in [1.29, 1.82) is 0 Å². The van der Waals surface area contributed by atoms with E-state index in [0.717, 1.165) is 6.08 Å². The molecule has 0 atom stereocenters. The van der Waals surface area contributed by atoms with Gasteiger partial charge in [0.05, 0.1) is 6.16 Å². The Morgan fingerprint density at radius 3 is 2.41 bits per heavy atom. The number of nitrogens with one attached hydrogen (secondary N) is 1. The number of ether oxygens (including phenoxy) is 1. The zero-order chi connectivity index (χ0) is 13.7. The smallest absolute Gasteiger partial charge is 0.331 e. The van der Waals surface area contributed by atoms with Crippen molar-refractivity contribution in [2.75, 3.05) is 12.8 Å². The van der Waals surface area contributed by atoms with E-state index < -0.39 is 37.8 Å². The van der Waals surface area contributed by atoms with Crippen LogP contribution in [0.4, 0.5) is 0 Å². The van der Waals surface area contributed by atoms with E-state index in [0.29, 0.717) is 0 Å². The van der Waals surface area contributed by atoms with Crippen molar-refractivity contribution in [2.45, 2.75) is 19.4 Å². The lowest BCUT2D eigenvalue weighted by molar-refractivity contribution is -0.151. The van der Waals surface area contributed by atoms with Gasteiger partial charge in [0.1, 0.15) is 12.1 Å². The second-order valence-electron chi connectivity index (χ2n) is 3.84. The van der Waals surface area contributed by atoms with Crippen molar-refractivity contribution >= 4 is 19.5 Å². The second kappa shape index (κ2) is 5.95. The molecule has 0 bridgehead atoms. The number of esters is 1. The van der Waals surface area contributed by atoms with Crippen LogP contribution in [0.25, 0.3) is 0 Å². The van der Waals surface area contributed by atoms with Crippen molar-refractivity contribution in [3.05, 3.63) is 12.7 Å². The highest BCUT2D eigenvalue weighted by molar-refractivity contribution is 7.51. The highest BCUT2D eigenvalue weighted by atomic mass is 31.2. The van der Waals surface area contributed by atoms with Crippen LogP contribution in [0.2, 0.25) is 0 Å². The van der Waals surface area contributed by atoms with Gasteiger partial charge in [0, 0.05) is 0 Å². The highest BCUT2D eigenvalue weighted by Crippen LogP contribution is 2.33. The first-order valence-electron chi connectivity index (χ1n) is 4.75. The Bertz CT molecular complexity index is 358. The normalized spacial score (nSPS) is 11.8. The fourth-order valence-electron chi connectivity index (χ4n) is 0.848. The number of hydrogen-bond acceptors (Lipinski definition) is 4. The summed E-state index contributed by atoms with van der Waals surface area (Å²) in [6.07, 6.45) is 0.453. The van der Waals surface area contributed by atoms with Crippen molar-refractivity contribution in [3.8, 4) is 0 Å². The Morgan fingerprint density at radius 2 is 2.00 bits per heavy atom. The minimum absolute atomic E-state index is 0.406. The van der Waals surface area contributed by atoms with Crippen molar-refractivity contribution in [1.82, 2.24) is 5.32 Å². The zero-order valence-electron chi connectivity index (χ0n) is 9.67. The molecule has 98 valence electrons. The molecule has 0 aromatic heterocycles. The Balaban J connectivity index is 4.25. The van der Waals surface area contributed by atoms with Crippen molar-refractivity contribution in [3.63, 3.8) is 0 Å². The van der Waals surface area contributed by atoms with Crippen LogP contribution in [-0.4, -0.2) is 40.0 Å². The SMILES string of the molecule is C=CC(=O)NC(C)(C)C(=O)OCCP(=O)(O)O. The van der Waals surface area contributed by atoms with E-state index in [1.54, 1.807) is 0 Å². The molecule has 0 fully saturated rings. The van der Waals surface area contributed by atoms with Crippen LogP contribution >= 0.6 is 7.60 Å². The van der Waals surface area contributed by atoms with Gasteiger partial charge in [-0.05, 0) is 19.9 Å². The molecule has 3 N–H and O–H groups in total.